The largest absolute Gasteiger partial charge is 0.488 e. The molecule has 2 nitrogen and oxygen atoms in total. The van der Waals surface area contributed by atoms with E-state index < -0.39 is 0 Å². The molecular weight excluding hydrogens is 409 g/mol. The molecule has 1 unspecified atom stereocenters. The normalized spacial score (nSPS) is 11.2. The lowest BCUT2D eigenvalue weighted by Gasteiger charge is -2.19. The van der Waals surface area contributed by atoms with E-state index in [4.69, 9.17) is 4.74 Å². The van der Waals surface area contributed by atoms with Crippen LogP contribution in [-0.4, -0.2) is 7.05 Å². The Balaban J connectivity index is 1.70. The van der Waals surface area contributed by atoms with E-state index in [1.807, 2.05) is 13.1 Å². The fraction of sp³-hybridized carbons (Fsp3) is 0.172. The van der Waals surface area contributed by atoms with Crippen LogP contribution >= 0.6 is 8.58 Å². The number of aryl methyl sites for hydroxylation is 1. The maximum atomic E-state index is 6.53. The van der Waals surface area contributed by atoms with Gasteiger partial charge >= 0.3 is 0 Å². The summed E-state index contributed by atoms with van der Waals surface area (Å²) >= 11 is 0. The van der Waals surface area contributed by atoms with Crippen molar-refractivity contribution in [3.05, 3.63) is 125 Å². The van der Waals surface area contributed by atoms with Crippen LogP contribution < -0.4 is 20.7 Å². The third-order valence-corrected chi connectivity index (χ3v) is 7.17. The first-order valence-electron chi connectivity index (χ1n) is 11.1. The van der Waals surface area contributed by atoms with Gasteiger partial charge in [0.1, 0.15) is 12.4 Å². The summed E-state index contributed by atoms with van der Waals surface area (Å²) in [5.74, 6) is 1.03. The minimum atomic E-state index is 0.543. The third kappa shape index (κ3) is 5.65. The Kier molecular flexibility index (Phi) is 7.72. The van der Waals surface area contributed by atoms with Crippen molar-refractivity contribution in [2.75, 3.05) is 7.05 Å². The highest BCUT2D eigenvalue weighted by Crippen LogP contribution is 2.28. The van der Waals surface area contributed by atoms with Gasteiger partial charge in [-0.05, 0) is 47.1 Å². The van der Waals surface area contributed by atoms with E-state index in [1.165, 1.54) is 38.4 Å². The molecule has 0 aliphatic heterocycles. The van der Waals surface area contributed by atoms with Crippen molar-refractivity contribution in [3.63, 3.8) is 0 Å². The van der Waals surface area contributed by atoms with Crippen molar-refractivity contribution in [2.45, 2.75) is 26.5 Å². The van der Waals surface area contributed by atoms with Crippen LogP contribution in [0.1, 0.15) is 27.8 Å². The average Bonchev–Trinajstić information content (AvgIpc) is 2.82. The first kappa shape index (κ1) is 22.3. The summed E-state index contributed by atoms with van der Waals surface area (Å²) in [7, 11) is 2.55. The molecule has 0 aliphatic rings. The lowest BCUT2D eigenvalue weighted by molar-refractivity contribution is 0.306. The summed E-state index contributed by atoms with van der Waals surface area (Å²) in [4.78, 5) is 0. The summed E-state index contributed by atoms with van der Waals surface area (Å²) in [5.41, 5.74) is 6.40. The van der Waals surface area contributed by atoms with Gasteiger partial charge in [0.15, 0.2) is 0 Å². The molecule has 0 spiro atoms. The van der Waals surface area contributed by atoms with Crippen LogP contribution in [0.25, 0.3) is 0 Å². The first-order chi connectivity index (χ1) is 15.7. The Morgan fingerprint density at radius 2 is 1.38 bits per heavy atom. The number of hydrogen-bond donors (Lipinski definition) is 1. The molecule has 1 atom stereocenters. The van der Waals surface area contributed by atoms with Crippen molar-refractivity contribution < 1.29 is 4.74 Å². The van der Waals surface area contributed by atoms with Crippen LogP contribution in [0, 0.1) is 6.92 Å². The van der Waals surface area contributed by atoms with Crippen LogP contribution in [0.5, 0.6) is 5.75 Å². The molecule has 4 aromatic carbocycles. The number of benzene rings is 4. The van der Waals surface area contributed by atoms with Crippen LogP contribution in [0.15, 0.2) is 97.1 Å². The number of ether oxygens (including phenoxy) is 1. The van der Waals surface area contributed by atoms with E-state index in [-0.39, 0.29) is 0 Å². The lowest BCUT2D eigenvalue weighted by Crippen LogP contribution is -2.19. The quantitative estimate of drug-likeness (QED) is 0.347. The van der Waals surface area contributed by atoms with Crippen molar-refractivity contribution in [3.8, 4) is 5.75 Å². The zero-order valence-electron chi connectivity index (χ0n) is 18.8. The average molecular weight is 440 g/mol. The smallest absolute Gasteiger partial charge is 0.131 e. The minimum Gasteiger partial charge on any atom is -0.488 e. The fourth-order valence-corrected chi connectivity index (χ4v) is 5.33. The van der Waals surface area contributed by atoms with Gasteiger partial charge in [-0.2, -0.15) is 0 Å². The molecule has 0 heterocycles. The molecule has 0 radical (unpaired) electrons. The number of rotatable bonds is 9. The van der Waals surface area contributed by atoms with E-state index in [0.717, 1.165) is 18.7 Å². The maximum Gasteiger partial charge on any atom is 0.131 e. The molecular formula is C29H30NOP. The summed E-state index contributed by atoms with van der Waals surface area (Å²) in [6, 6.07) is 34.2. The van der Waals surface area contributed by atoms with Gasteiger partial charge in [-0.1, -0.05) is 106 Å². The highest BCUT2D eigenvalue weighted by atomic mass is 31.1. The monoisotopic (exact) mass is 439 g/mol. The van der Waals surface area contributed by atoms with E-state index in [0.29, 0.717) is 15.2 Å². The highest BCUT2D eigenvalue weighted by Gasteiger charge is 2.14. The zero-order valence-corrected chi connectivity index (χ0v) is 19.8. The Bertz CT molecular complexity index is 1140. The molecule has 3 heteroatoms. The molecule has 4 aromatic rings. The summed E-state index contributed by atoms with van der Waals surface area (Å²) in [6.07, 6.45) is 0.862. The van der Waals surface area contributed by atoms with Gasteiger partial charge < -0.3 is 10.1 Å². The Morgan fingerprint density at radius 3 is 2.09 bits per heavy atom. The van der Waals surface area contributed by atoms with Crippen molar-refractivity contribution in [1.82, 2.24) is 5.32 Å². The van der Waals surface area contributed by atoms with Crippen molar-refractivity contribution >= 4 is 19.2 Å². The molecule has 32 heavy (non-hydrogen) atoms. The second kappa shape index (κ2) is 11.1. The van der Waals surface area contributed by atoms with Gasteiger partial charge in [0.2, 0.25) is 0 Å². The van der Waals surface area contributed by atoms with Crippen molar-refractivity contribution in [2.24, 2.45) is 0 Å². The molecule has 0 amide bonds. The van der Waals surface area contributed by atoms with Crippen LogP contribution in [0.2, 0.25) is 0 Å². The maximum absolute atomic E-state index is 6.53. The third-order valence-electron chi connectivity index (χ3n) is 5.55. The van der Waals surface area contributed by atoms with Crippen LogP contribution in [0.3, 0.4) is 0 Å². The molecule has 4 rings (SSSR count). The fourth-order valence-electron chi connectivity index (χ4n) is 3.92. The Labute approximate surface area is 193 Å². The lowest BCUT2D eigenvalue weighted by atomic mass is 10.0. The predicted octanol–water partition coefficient (Wildman–Crippen LogP) is 5.51. The molecule has 162 valence electrons. The molecule has 0 fully saturated rings. The highest BCUT2D eigenvalue weighted by molar-refractivity contribution is 7.56. The summed E-state index contributed by atoms with van der Waals surface area (Å²) < 4.78 is 6.53. The van der Waals surface area contributed by atoms with Crippen molar-refractivity contribution in [1.29, 1.82) is 0 Å². The SMILES string of the molecule is CNCc1cccc(C)c1Pc1cccc(Cc2ccccc2)c1OCc1ccccc1. The van der Waals surface area contributed by atoms with E-state index in [1.54, 1.807) is 0 Å². The second-order valence-electron chi connectivity index (χ2n) is 7.99. The molecule has 0 bridgehead atoms. The molecule has 0 aromatic heterocycles. The van der Waals surface area contributed by atoms with Gasteiger partial charge in [0, 0.05) is 18.3 Å². The minimum absolute atomic E-state index is 0.543. The van der Waals surface area contributed by atoms with Gasteiger partial charge in [0.25, 0.3) is 0 Å². The number of para-hydroxylation sites is 1. The first-order valence-corrected chi connectivity index (χ1v) is 12.1. The second-order valence-corrected chi connectivity index (χ2v) is 9.28. The number of nitrogens with one attached hydrogen (secondary N) is 1. The summed E-state index contributed by atoms with van der Waals surface area (Å²) in [6.45, 7) is 3.65. The van der Waals surface area contributed by atoms with Crippen LogP contribution in [0.4, 0.5) is 0 Å². The molecule has 0 saturated carbocycles. The summed E-state index contributed by atoms with van der Waals surface area (Å²) in [5, 5.41) is 5.99. The van der Waals surface area contributed by atoms with E-state index >= 15 is 0 Å². The molecule has 1 N–H and O–H groups in total. The van der Waals surface area contributed by atoms with E-state index in [2.05, 4.69) is 103 Å². The Hall–Kier alpha value is -2.93. The Morgan fingerprint density at radius 1 is 0.719 bits per heavy atom. The van der Waals surface area contributed by atoms with Crippen LogP contribution in [-0.2, 0) is 19.6 Å². The molecule has 0 saturated heterocycles. The van der Waals surface area contributed by atoms with Gasteiger partial charge in [0.05, 0.1) is 0 Å². The van der Waals surface area contributed by atoms with Gasteiger partial charge in [-0.15, -0.1) is 0 Å². The number of hydrogen-bond acceptors (Lipinski definition) is 2. The van der Waals surface area contributed by atoms with Gasteiger partial charge in [-0.25, -0.2) is 0 Å². The standard InChI is InChI=1S/C29H30NOP/c1-22-11-9-17-26(20-30-2)29(22)32-27-18-10-16-25(19-23-12-5-3-6-13-23)28(27)31-21-24-14-7-4-8-15-24/h3-18,30,32H,19-21H2,1-2H3. The topological polar surface area (TPSA) is 21.3 Å². The zero-order chi connectivity index (χ0) is 22.2. The molecule has 0 aliphatic carbocycles. The predicted molar refractivity (Wildman–Crippen MR) is 138 cm³/mol. The van der Waals surface area contributed by atoms with E-state index in [9.17, 15) is 0 Å². The van der Waals surface area contributed by atoms with Gasteiger partial charge in [-0.3, -0.25) is 0 Å².